The number of nitrogens with zero attached hydrogens (tertiary/aromatic N) is 3. The van der Waals surface area contributed by atoms with Crippen molar-refractivity contribution in [3.63, 3.8) is 0 Å². The molecule has 1 aromatic rings. The van der Waals surface area contributed by atoms with E-state index in [-0.39, 0.29) is 17.8 Å². The van der Waals surface area contributed by atoms with Crippen molar-refractivity contribution in [1.29, 1.82) is 0 Å². The fourth-order valence-corrected chi connectivity index (χ4v) is 6.03. The quantitative estimate of drug-likeness (QED) is 0.527. The number of pyridine rings is 1. The summed E-state index contributed by atoms with van der Waals surface area (Å²) in [5, 5.41) is 11.7. The Kier molecular flexibility index (Phi) is 7.56. The van der Waals surface area contributed by atoms with Gasteiger partial charge >= 0.3 is 5.97 Å². The number of carbonyl (C=O) groups is 1. The summed E-state index contributed by atoms with van der Waals surface area (Å²) in [4.78, 5) is 20.8. The maximum Gasteiger partial charge on any atom is 0.303 e. The van der Waals surface area contributed by atoms with Crippen molar-refractivity contribution in [1.82, 2.24) is 14.8 Å². The average molecular weight is 454 g/mol. The van der Waals surface area contributed by atoms with E-state index in [0.717, 1.165) is 57.7 Å². The molecule has 33 heavy (non-hydrogen) atoms. The molecule has 3 aliphatic rings. The Bertz CT molecular complexity index is 836. The van der Waals surface area contributed by atoms with Gasteiger partial charge in [-0.2, -0.15) is 0 Å². The smallest absolute Gasteiger partial charge is 0.303 e. The van der Waals surface area contributed by atoms with Gasteiger partial charge in [-0.05, 0) is 60.8 Å². The number of fused-ring (bicyclic) bond motifs is 1. The predicted molar refractivity (Wildman–Crippen MR) is 128 cm³/mol. The first-order valence-corrected chi connectivity index (χ1v) is 12.5. The zero-order chi connectivity index (χ0) is 23.6. The average Bonchev–Trinajstić information content (AvgIpc) is 2.78. The van der Waals surface area contributed by atoms with E-state index in [1.807, 2.05) is 19.3 Å². The van der Waals surface area contributed by atoms with Crippen LogP contribution in [0.5, 0.6) is 0 Å². The van der Waals surface area contributed by atoms with Gasteiger partial charge in [-0.15, -0.1) is 0 Å². The minimum atomic E-state index is -1.04. The van der Waals surface area contributed by atoms with E-state index in [9.17, 15) is 9.90 Å². The van der Waals surface area contributed by atoms with Crippen molar-refractivity contribution in [2.45, 2.75) is 58.8 Å². The fraction of sp³-hybridized carbons (Fsp3) is 0.667. The summed E-state index contributed by atoms with van der Waals surface area (Å²) in [6.07, 6.45) is 10.7. The summed E-state index contributed by atoms with van der Waals surface area (Å²) in [5.41, 5.74) is 1.26. The van der Waals surface area contributed by atoms with Crippen molar-refractivity contribution in [3.8, 4) is 0 Å². The number of carbonyl (C=O) groups excluding carboxylic acids is 1. The lowest BCUT2D eigenvalue weighted by atomic mass is 9.57. The van der Waals surface area contributed by atoms with Crippen LogP contribution in [0.1, 0.15) is 46.1 Å². The van der Waals surface area contributed by atoms with Crippen LogP contribution >= 0.6 is 0 Å². The van der Waals surface area contributed by atoms with Gasteiger partial charge in [0.1, 0.15) is 6.10 Å². The standard InChI is InChI=1S/C27H39N3O3/c1-19-15-25-24(6-5-21(3)27(25,32)16-26(19)33-22(4)31)20(2)17-29-11-13-30(14-12-29)18-23-7-9-28-10-8-23/h7-10,15,20-21,24-26,32H,5-6,11-14,17-18H2,1-4H3/t20-,21-,24+,25-,26-,27-/m1/s1. The van der Waals surface area contributed by atoms with E-state index in [1.54, 1.807) is 0 Å². The summed E-state index contributed by atoms with van der Waals surface area (Å²) in [7, 11) is 0. The molecule has 2 aliphatic carbocycles. The Morgan fingerprint density at radius 2 is 1.91 bits per heavy atom. The molecule has 1 aliphatic heterocycles. The molecule has 6 atom stereocenters. The Labute approximate surface area is 199 Å². The molecule has 1 saturated carbocycles. The predicted octanol–water partition coefficient (Wildman–Crippen LogP) is 3.20. The summed E-state index contributed by atoms with van der Waals surface area (Å²) >= 11 is 0. The van der Waals surface area contributed by atoms with E-state index in [0.29, 0.717) is 11.8 Å². The number of aliphatic hydroxyl groups is 1. The molecule has 1 N–H and O–H groups in total. The molecule has 0 amide bonds. The first-order valence-electron chi connectivity index (χ1n) is 12.5. The molecule has 1 saturated heterocycles. The Morgan fingerprint density at radius 1 is 1.24 bits per heavy atom. The second-order valence-corrected chi connectivity index (χ2v) is 10.4. The number of hydrogen-bond donors (Lipinski definition) is 1. The van der Waals surface area contributed by atoms with Gasteiger partial charge in [0.15, 0.2) is 0 Å². The summed E-state index contributed by atoms with van der Waals surface area (Å²) in [5.74, 6) is 0.651. The third kappa shape index (κ3) is 5.50. The molecule has 6 nitrogen and oxygen atoms in total. The fourth-order valence-electron chi connectivity index (χ4n) is 6.03. The SMILES string of the molecule is CC(=O)O[C@@H]1[C][C@@]2(O)[C@H](C)CC[C@@H]([C@H](C)CN3CCN(Cc4ccncc4)CC3)[C@H]2C=C1C. The van der Waals surface area contributed by atoms with Crippen LogP contribution in [-0.2, 0) is 16.1 Å². The molecule has 1 aromatic heterocycles. The van der Waals surface area contributed by atoms with E-state index in [4.69, 9.17) is 4.74 Å². The highest BCUT2D eigenvalue weighted by Gasteiger charge is 2.53. The second kappa shape index (κ2) is 10.2. The molecule has 0 bridgehead atoms. The van der Waals surface area contributed by atoms with Crippen molar-refractivity contribution in [3.05, 3.63) is 48.2 Å². The van der Waals surface area contributed by atoms with Crippen LogP contribution in [0.25, 0.3) is 0 Å². The number of rotatable bonds is 6. The normalized spacial score (nSPS) is 34.3. The molecule has 2 heterocycles. The minimum absolute atomic E-state index is 0.0241. The monoisotopic (exact) mass is 453 g/mol. The minimum Gasteiger partial charge on any atom is -0.457 e. The number of piperazine rings is 1. The first kappa shape index (κ1) is 24.4. The van der Waals surface area contributed by atoms with Crippen LogP contribution in [0.2, 0.25) is 0 Å². The zero-order valence-corrected chi connectivity index (χ0v) is 20.5. The van der Waals surface area contributed by atoms with Gasteiger partial charge in [-0.1, -0.05) is 19.9 Å². The van der Waals surface area contributed by atoms with Crippen LogP contribution in [0.15, 0.2) is 36.2 Å². The highest BCUT2D eigenvalue weighted by molar-refractivity contribution is 5.66. The zero-order valence-electron chi connectivity index (χ0n) is 20.5. The van der Waals surface area contributed by atoms with Gasteiger partial charge in [0, 0.05) is 64.5 Å². The molecule has 4 rings (SSSR count). The van der Waals surface area contributed by atoms with Crippen LogP contribution in [-0.4, -0.2) is 70.3 Å². The number of ether oxygens (including phenoxy) is 1. The third-order valence-electron chi connectivity index (χ3n) is 8.05. The van der Waals surface area contributed by atoms with Gasteiger partial charge in [-0.25, -0.2) is 0 Å². The maximum atomic E-state index is 11.7. The molecule has 2 radical (unpaired) electrons. The molecule has 0 spiro atoms. The van der Waals surface area contributed by atoms with E-state index >= 15 is 0 Å². The van der Waals surface area contributed by atoms with Crippen LogP contribution in [0, 0.1) is 30.1 Å². The van der Waals surface area contributed by atoms with Gasteiger partial charge in [0.05, 0.1) is 12.0 Å². The van der Waals surface area contributed by atoms with Gasteiger partial charge in [-0.3, -0.25) is 14.7 Å². The van der Waals surface area contributed by atoms with Crippen molar-refractivity contribution >= 4 is 5.97 Å². The molecule has 6 heteroatoms. The lowest BCUT2D eigenvalue weighted by Gasteiger charge is -2.53. The molecule has 180 valence electrons. The number of aromatic nitrogens is 1. The second-order valence-electron chi connectivity index (χ2n) is 10.4. The lowest BCUT2D eigenvalue weighted by molar-refractivity contribution is -0.148. The highest BCUT2D eigenvalue weighted by Crippen LogP contribution is 2.50. The number of esters is 1. The molecular weight excluding hydrogens is 414 g/mol. The van der Waals surface area contributed by atoms with E-state index in [1.165, 1.54) is 12.5 Å². The van der Waals surface area contributed by atoms with Crippen LogP contribution < -0.4 is 0 Å². The summed E-state index contributed by atoms with van der Waals surface area (Å²) in [6.45, 7) is 14.2. The van der Waals surface area contributed by atoms with Gasteiger partial charge < -0.3 is 14.7 Å². The molecule has 0 aromatic carbocycles. The third-order valence-corrected chi connectivity index (χ3v) is 8.05. The summed E-state index contributed by atoms with van der Waals surface area (Å²) < 4.78 is 5.44. The highest BCUT2D eigenvalue weighted by atomic mass is 16.5. The largest absolute Gasteiger partial charge is 0.457 e. The molecule has 0 unspecified atom stereocenters. The van der Waals surface area contributed by atoms with Crippen molar-refractivity contribution in [2.75, 3.05) is 32.7 Å². The van der Waals surface area contributed by atoms with Gasteiger partial charge in [0.25, 0.3) is 0 Å². The van der Waals surface area contributed by atoms with Gasteiger partial charge in [0.2, 0.25) is 0 Å². The van der Waals surface area contributed by atoms with Crippen LogP contribution in [0.3, 0.4) is 0 Å². The van der Waals surface area contributed by atoms with Crippen molar-refractivity contribution < 1.29 is 14.6 Å². The van der Waals surface area contributed by atoms with Crippen molar-refractivity contribution in [2.24, 2.45) is 23.7 Å². The Balaban J connectivity index is 1.37. The summed E-state index contributed by atoms with van der Waals surface area (Å²) in [6, 6.07) is 4.19. The molecule has 2 fully saturated rings. The Hall–Kier alpha value is -1.76. The topological polar surface area (TPSA) is 65.9 Å². The molecular formula is C27H39N3O3. The van der Waals surface area contributed by atoms with E-state index in [2.05, 4.69) is 53.3 Å². The van der Waals surface area contributed by atoms with Crippen LogP contribution in [0.4, 0.5) is 0 Å². The Morgan fingerprint density at radius 3 is 2.58 bits per heavy atom. The number of hydrogen-bond acceptors (Lipinski definition) is 6. The maximum absolute atomic E-state index is 11.7. The first-order chi connectivity index (χ1) is 15.8. The lowest BCUT2D eigenvalue weighted by Crippen LogP contribution is -2.57. The van der Waals surface area contributed by atoms with E-state index < -0.39 is 11.7 Å².